The number of ether oxygens (including phenoxy) is 1. The van der Waals surface area contributed by atoms with Gasteiger partial charge < -0.3 is 15.4 Å². The first kappa shape index (κ1) is 13.8. The van der Waals surface area contributed by atoms with Crippen LogP contribution in [0.1, 0.15) is 0 Å². The van der Waals surface area contributed by atoms with Gasteiger partial charge in [-0.1, -0.05) is 42.5 Å². The quantitative estimate of drug-likeness (QED) is 0.908. The third-order valence-electron chi connectivity index (χ3n) is 3.50. The second-order valence-electron chi connectivity index (χ2n) is 5.01. The molecule has 1 atom stereocenters. The van der Waals surface area contributed by atoms with Gasteiger partial charge in [-0.05, 0) is 23.3 Å². The van der Waals surface area contributed by atoms with Gasteiger partial charge in [0.2, 0.25) is 5.91 Å². The Kier molecular flexibility index (Phi) is 4.28. The molecule has 0 aliphatic carbocycles. The van der Waals surface area contributed by atoms with E-state index in [9.17, 15) is 4.79 Å². The molecule has 0 saturated carbocycles. The van der Waals surface area contributed by atoms with E-state index in [-0.39, 0.29) is 11.9 Å². The number of morpholine rings is 1. The molecule has 0 spiro atoms. The molecule has 1 aliphatic heterocycles. The number of hydrogen-bond acceptors (Lipinski definition) is 3. The molecular weight excluding hydrogens is 264 g/mol. The lowest BCUT2D eigenvalue weighted by Gasteiger charge is -2.22. The van der Waals surface area contributed by atoms with Crippen LogP contribution in [-0.4, -0.2) is 31.7 Å². The molecule has 0 bridgehead atoms. The highest BCUT2D eigenvalue weighted by Crippen LogP contribution is 2.21. The van der Waals surface area contributed by atoms with Crippen molar-refractivity contribution in [2.75, 3.05) is 25.1 Å². The van der Waals surface area contributed by atoms with E-state index in [4.69, 9.17) is 4.74 Å². The van der Waals surface area contributed by atoms with Crippen LogP contribution in [-0.2, 0) is 9.53 Å². The van der Waals surface area contributed by atoms with Gasteiger partial charge in [-0.25, -0.2) is 0 Å². The number of hydrogen-bond donors (Lipinski definition) is 2. The van der Waals surface area contributed by atoms with Crippen LogP contribution in [0.3, 0.4) is 0 Å². The average Bonchev–Trinajstić information content (AvgIpc) is 2.57. The molecule has 2 aromatic rings. The van der Waals surface area contributed by atoms with E-state index in [1.54, 1.807) is 0 Å². The number of benzene rings is 2. The third kappa shape index (κ3) is 3.48. The van der Waals surface area contributed by atoms with Gasteiger partial charge in [-0.15, -0.1) is 0 Å². The smallest absolute Gasteiger partial charge is 0.243 e. The summed E-state index contributed by atoms with van der Waals surface area (Å²) in [6.45, 7) is 1.80. The Labute approximate surface area is 124 Å². The maximum absolute atomic E-state index is 12.1. The van der Waals surface area contributed by atoms with Gasteiger partial charge in [0.15, 0.2) is 0 Å². The zero-order valence-electron chi connectivity index (χ0n) is 11.7. The zero-order valence-corrected chi connectivity index (χ0v) is 11.7. The summed E-state index contributed by atoms with van der Waals surface area (Å²) in [5, 5.41) is 6.05. The normalized spacial score (nSPS) is 18.2. The van der Waals surface area contributed by atoms with Crippen LogP contribution in [0.5, 0.6) is 0 Å². The van der Waals surface area contributed by atoms with Crippen molar-refractivity contribution in [1.29, 1.82) is 0 Å². The van der Waals surface area contributed by atoms with E-state index in [1.807, 2.05) is 42.5 Å². The van der Waals surface area contributed by atoms with Gasteiger partial charge in [0.1, 0.15) is 6.04 Å². The van der Waals surface area contributed by atoms with Crippen LogP contribution in [0.2, 0.25) is 0 Å². The highest BCUT2D eigenvalue weighted by atomic mass is 16.5. The topological polar surface area (TPSA) is 50.4 Å². The summed E-state index contributed by atoms with van der Waals surface area (Å²) >= 11 is 0. The molecule has 1 aliphatic rings. The Balaban J connectivity index is 1.65. The highest BCUT2D eigenvalue weighted by Gasteiger charge is 2.20. The van der Waals surface area contributed by atoms with Crippen molar-refractivity contribution in [3.05, 3.63) is 54.6 Å². The second kappa shape index (κ2) is 6.52. The molecule has 108 valence electrons. The fourth-order valence-electron chi connectivity index (χ4n) is 2.34. The van der Waals surface area contributed by atoms with Crippen LogP contribution in [0.15, 0.2) is 54.6 Å². The predicted molar refractivity (Wildman–Crippen MR) is 83.1 cm³/mol. The summed E-state index contributed by atoms with van der Waals surface area (Å²) in [5.74, 6) is -0.0536. The lowest BCUT2D eigenvalue weighted by Crippen LogP contribution is -2.48. The monoisotopic (exact) mass is 282 g/mol. The summed E-state index contributed by atoms with van der Waals surface area (Å²) in [6.07, 6.45) is 0. The molecule has 1 saturated heterocycles. The van der Waals surface area contributed by atoms with E-state index in [1.165, 1.54) is 0 Å². The van der Waals surface area contributed by atoms with E-state index < -0.39 is 0 Å². The van der Waals surface area contributed by atoms with E-state index in [0.717, 1.165) is 16.8 Å². The van der Waals surface area contributed by atoms with E-state index in [2.05, 4.69) is 22.8 Å². The van der Waals surface area contributed by atoms with Gasteiger partial charge in [0, 0.05) is 12.2 Å². The number of anilines is 1. The maximum atomic E-state index is 12.1. The molecule has 4 nitrogen and oxygen atoms in total. The molecule has 1 fully saturated rings. The molecule has 3 rings (SSSR count). The molecular formula is C17H18N2O2. The first-order valence-electron chi connectivity index (χ1n) is 7.10. The maximum Gasteiger partial charge on any atom is 0.243 e. The average molecular weight is 282 g/mol. The summed E-state index contributed by atoms with van der Waals surface area (Å²) < 4.78 is 5.29. The van der Waals surface area contributed by atoms with Crippen molar-refractivity contribution < 1.29 is 9.53 Å². The van der Waals surface area contributed by atoms with Crippen molar-refractivity contribution in [2.45, 2.75) is 6.04 Å². The largest absolute Gasteiger partial charge is 0.378 e. The van der Waals surface area contributed by atoms with Gasteiger partial charge in [0.25, 0.3) is 0 Å². The van der Waals surface area contributed by atoms with Crippen LogP contribution in [0, 0.1) is 0 Å². The van der Waals surface area contributed by atoms with Crippen LogP contribution in [0.4, 0.5) is 5.69 Å². The van der Waals surface area contributed by atoms with Crippen molar-refractivity contribution >= 4 is 11.6 Å². The molecule has 1 amide bonds. The second-order valence-corrected chi connectivity index (χ2v) is 5.01. The lowest BCUT2D eigenvalue weighted by atomic mass is 10.1. The summed E-state index contributed by atoms with van der Waals surface area (Å²) in [6, 6.07) is 17.7. The number of amides is 1. The van der Waals surface area contributed by atoms with Crippen molar-refractivity contribution in [3.63, 3.8) is 0 Å². The van der Waals surface area contributed by atoms with Crippen molar-refractivity contribution in [2.24, 2.45) is 0 Å². The minimum Gasteiger partial charge on any atom is -0.378 e. The van der Waals surface area contributed by atoms with Crippen LogP contribution < -0.4 is 10.6 Å². The molecule has 1 unspecified atom stereocenters. The van der Waals surface area contributed by atoms with Crippen LogP contribution in [0.25, 0.3) is 11.1 Å². The van der Waals surface area contributed by atoms with Gasteiger partial charge in [-0.2, -0.15) is 0 Å². The molecule has 0 aromatic heterocycles. The molecule has 0 radical (unpaired) electrons. The Morgan fingerprint density at radius 3 is 2.43 bits per heavy atom. The lowest BCUT2D eigenvalue weighted by molar-refractivity contribution is -0.120. The molecule has 4 heteroatoms. The Hall–Kier alpha value is -2.17. The fraction of sp³-hybridized carbons (Fsp3) is 0.235. The number of rotatable bonds is 3. The van der Waals surface area contributed by atoms with Crippen LogP contribution >= 0.6 is 0 Å². The number of nitrogens with one attached hydrogen (secondary N) is 2. The van der Waals surface area contributed by atoms with Gasteiger partial charge in [0.05, 0.1) is 13.2 Å². The minimum absolute atomic E-state index is 0.0536. The number of carbonyl (C=O) groups is 1. The highest BCUT2D eigenvalue weighted by molar-refractivity contribution is 5.95. The minimum atomic E-state index is -0.271. The summed E-state index contributed by atoms with van der Waals surface area (Å²) in [4.78, 5) is 12.1. The molecule has 2 aromatic carbocycles. The molecule has 2 N–H and O–H groups in total. The summed E-state index contributed by atoms with van der Waals surface area (Å²) in [7, 11) is 0. The van der Waals surface area contributed by atoms with Gasteiger partial charge >= 0.3 is 0 Å². The Morgan fingerprint density at radius 1 is 1.05 bits per heavy atom. The zero-order chi connectivity index (χ0) is 14.5. The SMILES string of the molecule is O=C(Nc1ccc(-c2ccccc2)cc1)C1COCCN1. The number of carbonyl (C=O) groups excluding carboxylic acids is 1. The predicted octanol–water partition coefficient (Wildman–Crippen LogP) is 2.28. The molecule has 21 heavy (non-hydrogen) atoms. The Morgan fingerprint density at radius 2 is 1.76 bits per heavy atom. The van der Waals surface area contributed by atoms with Gasteiger partial charge in [-0.3, -0.25) is 4.79 Å². The van der Waals surface area contributed by atoms with Crippen molar-refractivity contribution in [3.8, 4) is 11.1 Å². The first-order valence-corrected chi connectivity index (χ1v) is 7.10. The third-order valence-corrected chi connectivity index (χ3v) is 3.50. The fourth-order valence-corrected chi connectivity index (χ4v) is 2.34. The Bertz CT molecular complexity index is 590. The molecule has 1 heterocycles. The standard InChI is InChI=1S/C17H18N2O2/c20-17(16-12-21-11-10-18-16)19-15-8-6-14(7-9-15)13-4-2-1-3-5-13/h1-9,16,18H,10-12H2,(H,19,20). The first-order chi connectivity index (χ1) is 10.3. The van der Waals surface area contributed by atoms with Crippen molar-refractivity contribution in [1.82, 2.24) is 5.32 Å². The van der Waals surface area contributed by atoms with E-state index in [0.29, 0.717) is 19.8 Å². The van der Waals surface area contributed by atoms with E-state index >= 15 is 0 Å². The summed E-state index contributed by atoms with van der Waals surface area (Å²) in [5.41, 5.74) is 3.09.